The molecule has 4 nitrogen and oxygen atoms in total. The van der Waals surface area contributed by atoms with Crippen molar-refractivity contribution >= 4 is 17.4 Å². The third kappa shape index (κ3) is 3.76. The van der Waals surface area contributed by atoms with Crippen molar-refractivity contribution in [2.45, 2.75) is 13.5 Å². The van der Waals surface area contributed by atoms with E-state index in [1.54, 1.807) is 6.07 Å². The maximum atomic E-state index is 13.4. The summed E-state index contributed by atoms with van der Waals surface area (Å²) in [6.45, 7) is 2.18. The Morgan fingerprint density at radius 1 is 1.10 bits per heavy atom. The van der Waals surface area contributed by atoms with Gasteiger partial charge in [-0.3, -0.25) is 0 Å². The Hall–Kier alpha value is -2.47. The van der Waals surface area contributed by atoms with Crippen LogP contribution in [0.1, 0.15) is 11.1 Å². The fraction of sp³-hybridized carbons (Fsp3) is 0.133. The third-order valence-corrected chi connectivity index (χ3v) is 2.97. The highest BCUT2D eigenvalue weighted by molar-refractivity contribution is 6.00. The summed E-state index contributed by atoms with van der Waals surface area (Å²) in [4.78, 5) is 11.9. The summed E-state index contributed by atoms with van der Waals surface area (Å²) < 4.78 is 26.2. The lowest BCUT2D eigenvalue weighted by Crippen LogP contribution is -2.21. The average Bonchev–Trinajstić information content (AvgIpc) is 2.44. The fourth-order valence-corrected chi connectivity index (χ4v) is 1.80. The number of aryl methyl sites for hydroxylation is 1. The minimum atomic E-state index is -0.836. The van der Waals surface area contributed by atoms with E-state index in [2.05, 4.69) is 10.6 Å². The van der Waals surface area contributed by atoms with Crippen molar-refractivity contribution in [1.82, 2.24) is 0 Å². The fourth-order valence-electron chi connectivity index (χ4n) is 1.80. The van der Waals surface area contributed by atoms with Gasteiger partial charge in [0, 0.05) is 18.3 Å². The number of halogens is 2. The lowest BCUT2D eigenvalue weighted by atomic mass is 10.1. The Labute approximate surface area is 121 Å². The van der Waals surface area contributed by atoms with Gasteiger partial charge in [-0.05, 0) is 36.2 Å². The first-order valence-electron chi connectivity index (χ1n) is 6.32. The van der Waals surface area contributed by atoms with Gasteiger partial charge in [-0.1, -0.05) is 12.1 Å². The van der Waals surface area contributed by atoms with Crippen molar-refractivity contribution in [1.29, 1.82) is 0 Å². The van der Waals surface area contributed by atoms with E-state index in [1.807, 2.05) is 19.1 Å². The molecule has 6 heteroatoms. The van der Waals surface area contributed by atoms with Gasteiger partial charge in [-0.15, -0.1) is 0 Å². The van der Waals surface area contributed by atoms with Crippen LogP contribution in [0.2, 0.25) is 0 Å². The number of nitrogens with one attached hydrogen (secondary N) is 2. The third-order valence-electron chi connectivity index (χ3n) is 2.97. The van der Waals surface area contributed by atoms with Crippen LogP contribution in [0.15, 0.2) is 36.4 Å². The van der Waals surface area contributed by atoms with Crippen LogP contribution < -0.4 is 16.4 Å². The van der Waals surface area contributed by atoms with E-state index >= 15 is 0 Å². The lowest BCUT2D eigenvalue weighted by molar-refractivity contribution is 0.262. The van der Waals surface area contributed by atoms with E-state index in [4.69, 9.17) is 5.73 Å². The molecule has 4 N–H and O–H groups in total. The number of carbonyl (C=O) groups excluding carboxylic acids is 1. The zero-order valence-corrected chi connectivity index (χ0v) is 11.4. The second kappa shape index (κ2) is 6.32. The van der Waals surface area contributed by atoms with Crippen molar-refractivity contribution in [3.8, 4) is 0 Å². The van der Waals surface area contributed by atoms with E-state index in [0.717, 1.165) is 23.3 Å². The summed E-state index contributed by atoms with van der Waals surface area (Å²) in [5.74, 6) is -1.54. The summed E-state index contributed by atoms with van der Waals surface area (Å²) >= 11 is 0. The van der Waals surface area contributed by atoms with E-state index in [-0.39, 0.29) is 5.69 Å². The topological polar surface area (TPSA) is 67.1 Å². The number of benzene rings is 2. The number of anilines is 2. The lowest BCUT2D eigenvalue weighted by Gasteiger charge is -2.11. The van der Waals surface area contributed by atoms with Crippen LogP contribution >= 0.6 is 0 Å². The zero-order valence-electron chi connectivity index (χ0n) is 11.4. The molecule has 0 radical (unpaired) electrons. The van der Waals surface area contributed by atoms with Crippen molar-refractivity contribution in [3.05, 3.63) is 59.2 Å². The van der Waals surface area contributed by atoms with Crippen molar-refractivity contribution in [3.63, 3.8) is 0 Å². The number of urea groups is 1. The smallest absolute Gasteiger partial charge is 0.323 e. The largest absolute Gasteiger partial charge is 0.326 e. The summed E-state index contributed by atoms with van der Waals surface area (Å²) in [5, 5.41) is 4.94. The van der Waals surface area contributed by atoms with Crippen LogP contribution in [0.3, 0.4) is 0 Å². The molecule has 0 bridgehead atoms. The standard InChI is InChI=1S/C15H15F2N3O/c1-9-2-3-10(8-18)6-14(9)20-15(21)19-13-5-4-11(16)7-12(13)17/h2-7H,8,18H2,1H3,(H2,19,20,21). The van der Waals surface area contributed by atoms with E-state index in [1.165, 1.54) is 0 Å². The molecule has 2 rings (SSSR count). The molecule has 0 aliphatic heterocycles. The molecule has 110 valence electrons. The van der Waals surface area contributed by atoms with Gasteiger partial charge in [0.2, 0.25) is 0 Å². The minimum Gasteiger partial charge on any atom is -0.326 e. The highest BCUT2D eigenvalue weighted by Crippen LogP contribution is 2.18. The Kier molecular flexibility index (Phi) is 4.49. The van der Waals surface area contributed by atoms with Crippen molar-refractivity contribution in [2.24, 2.45) is 5.73 Å². The molecule has 0 spiro atoms. The van der Waals surface area contributed by atoms with Gasteiger partial charge in [0.1, 0.15) is 11.6 Å². The minimum absolute atomic E-state index is 0.0958. The summed E-state index contributed by atoms with van der Waals surface area (Å²) in [6.07, 6.45) is 0. The second-order valence-corrected chi connectivity index (χ2v) is 4.56. The first-order chi connectivity index (χ1) is 9.99. The number of nitrogens with two attached hydrogens (primary N) is 1. The number of rotatable bonds is 3. The maximum absolute atomic E-state index is 13.4. The predicted molar refractivity (Wildman–Crippen MR) is 78.1 cm³/mol. The molecule has 0 atom stereocenters. The van der Waals surface area contributed by atoms with E-state index in [9.17, 15) is 13.6 Å². The van der Waals surface area contributed by atoms with Gasteiger partial charge in [-0.25, -0.2) is 13.6 Å². The molecule has 0 heterocycles. The Balaban J connectivity index is 2.11. The average molecular weight is 291 g/mol. The molecule has 0 saturated carbocycles. The number of amides is 2. The molecule has 2 aromatic rings. The second-order valence-electron chi connectivity index (χ2n) is 4.56. The summed E-state index contributed by atoms with van der Waals surface area (Å²) in [5.41, 5.74) is 7.74. The molecular formula is C15H15F2N3O. The molecule has 0 fully saturated rings. The van der Waals surface area contributed by atoms with Crippen LogP contribution in [0, 0.1) is 18.6 Å². The van der Waals surface area contributed by atoms with Gasteiger partial charge >= 0.3 is 6.03 Å². The first-order valence-corrected chi connectivity index (χ1v) is 6.32. The summed E-state index contributed by atoms with van der Waals surface area (Å²) in [6, 6.07) is 7.75. The Morgan fingerprint density at radius 2 is 1.81 bits per heavy atom. The van der Waals surface area contributed by atoms with Crippen molar-refractivity contribution < 1.29 is 13.6 Å². The van der Waals surface area contributed by atoms with Crippen LogP contribution in [0.5, 0.6) is 0 Å². The van der Waals surface area contributed by atoms with Crippen LogP contribution in [-0.2, 0) is 6.54 Å². The highest BCUT2D eigenvalue weighted by Gasteiger charge is 2.09. The molecule has 2 aromatic carbocycles. The van der Waals surface area contributed by atoms with Gasteiger partial charge in [0.15, 0.2) is 0 Å². The van der Waals surface area contributed by atoms with Gasteiger partial charge in [0.25, 0.3) is 0 Å². The van der Waals surface area contributed by atoms with Gasteiger partial charge in [-0.2, -0.15) is 0 Å². The number of carbonyl (C=O) groups is 1. The van der Waals surface area contributed by atoms with Crippen LogP contribution in [0.25, 0.3) is 0 Å². The molecule has 0 aliphatic carbocycles. The molecule has 2 amide bonds. The van der Waals surface area contributed by atoms with Gasteiger partial charge in [0.05, 0.1) is 5.69 Å². The number of hydrogen-bond donors (Lipinski definition) is 3. The predicted octanol–water partition coefficient (Wildman–Crippen LogP) is 3.38. The van der Waals surface area contributed by atoms with Crippen LogP contribution in [0.4, 0.5) is 25.0 Å². The van der Waals surface area contributed by atoms with Gasteiger partial charge < -0.3 is 16.4 Å². The van der Waals surface area contributed by atoms with E-state index in [0.29, 0.717) is 18.3 Å². The zero-order chi connectivity index (χ0) is 15.4. The molecule has 0 aliphatic rings. The Bertz CT molecular complexity index is 674. The molecule has 21 heavy (non-hydrogen) atoms. The number of hydrogen-bond acceptors (Lipinski definition) is 2. The van der Waals surface area contributed by atoms with E-state index < -0.39 is 17.7 Å². The highest BCUT2D eigenvalue weighted by atomic mass is 19.1. The quantitative estimate of drug-likeness (QED) is 0.811. The van der Waals surface area contributed by atoms with Crippen LogP contribution in [-0.4, -0.2) is 6.03 Å². The molecular weight excluding hydrogens is 276 g/mol. The Morgan fingerprint density at radius 3 is 2.48 bits per heavy atom. The first kappa shape index (κ1) is 14.9. The molecule has 0 unspecified atom stereocenters. The normalized spacial score (nSPS) is 10.3. The SMILES string of the molecule is Cc1ccc(CN)cc1NC(=O)Nc1ccc(F)cc1F. The monoisotopic (exact) mass is 291 g/mol. The molecule has 0 saturated heterocycles. The maximum Gasteiger partial charge on any atom is 0.323 e. The molecule has 0 aromatic heterocycles. The van der Waals surface area contributed by atoms with Crippen molar-refractivity contribution in [2.75, 3.05) is 10.6 Å². The summed E-state index contributed by atoms with van der Waals surface area (Å²) in [7, 11) is 0.